The zero-order valence-electron chi connectivity index (χ0n) is 10.7. The first-order valence-corrected chi connectivity index (χ1v) is 6.79. The van der Waals surface area contributed by atoms with E-state index >= 15 is 0 Å². The van der Waals surface area contributed by atoms with Crippen LogP contribution in [-0.2, 0) is 14.8 Å². The summed E-state index contributed by atoms with van der Waals surface area (Å²) < 4.78 is 30.8. The Kier molecular flexibility index (Phi) is 6.99. The molecule has 0 unspecified atom stereocenters. The number of methoxy groups -OCH3 is 1. The van der Waals surface area contributed by atoms with Gasteiger partial charge in [-0.15, -0.1) is 12.4 Å². The molecular formula is C11H17ClN2O4S. The van der Waals surface area contributed by atoms with E-state index in [4.69, 9.17) is 5.73 Å². The van der Waals surface area contributed by atoms with Gasteiger partial charge in [0, 0.05) is 13.1 Å². The van der Waals surface area contributed by atoms with Crippen LogP contribution in [0.25, 0.3) is 0 Å². The maximum atomic E-state index is 12.0. The van der Waals surface area contributed by atoms with E-state index in [0.717, 1.165) is 0 Å². The Labute approximate surface area is 118 Å². The van der Waals surface area contributed by atoms with Crippen LogP contribution in [0, 0.1) is 6.92 Å². The van der Waals surface area contributed by atoms with Crippen molar-refractivity contribution in [2.75, 3.05) is 20.2 Å². The second-order valence-corrected chi connectivity index (χ2v) is 5.39. The quantitative estimate of drug-likeness (QED) is 0.769. The summed E-state index contributed by atoms with van der Waals surface area (Å²) >= 11 is 0. The molecule has 0 spiro atoms. The number of hydrogen-bond acceptors (Lipinski definition) is 5. The first-order valence-electron chi connectivity index (χ1n) is 5.31. The van der Waals surface area contributed by atoms with E-state index in [0.29, 0.717) is 5.56 Å². The lowest BCUT2D eigenvalue weighted by atomic mass is 10.1. The first kappa shape index (κ1) is 17.8. The normalized spacial score (nSPS) is 10.7. The molecule has 0 saturated heterocycles. The summed E-state index contributed by atoms with van der Waals surface area (Å²) in [5, 5.41) is 0. The molecule has 0 aliphatic carbocycles. The number of nitrogens with two attached hydrogens (primary N) is 1. The number of hydrogen-bond donors (Lipinski definition) is 2. The molecule has 19 heavy (non-hydrogen) atoms. The molecule has 0 heterocycles. The minimum absolute atomic E-state index is 0. The highest BCUT2D eigenvalue weighted by molar-refractivity contribution is 7.89. The van der Waals surface area contributed by atoms with E-state index in [1.54, 1.807) is 13.0 Å². The SMILES string of the molecule is COC(=O)c1ccc(C)c(S(=O)(=O)NCCN)c1.Cl. The number of aryl methyl sites for hydroxylation is 1. The van der Waals surface area contributed by atoms with E-state index in [2.05, 4.69) is 9.46 Å². The molecule has 0 fully saturated rings. The van der Waals surface area contributed by atoms with Crippen LogP contribution in [-0.4, -0.2) is 34.6 Å². The van der Waals surface area contributed by atoms with Crippen molar-refractivity contribution in [3.8, 4) is 0 Å². The van der Waals surface area contributed by atoms with Crippen LogP contribution >= 0.6 is 12.4 Å². The van der Waals surface area contributed by atoms with Gasteiger partial charge in [0.25, 0.3) is 0 Å². The lowest BCUT2D eigenvalue weighted by Crippen LogP contribution is -2.29. The summed E-state index contributed by atoms with van der Waals surface area (Å²) in [4.78, 5) is 11.4. The highest BCUT2D eigenvalue weighted by Crippen LogP contribution is 2.17. The third-order valence-electron chi connectivity index (χ3n) is 2.34. The Morgan fingerprint density at radius 3 is 2.58 bits per heavy atom. The molecule has 0 saturated carbocycles. The summed E-state index contributed by atoms with van der Waals surface area (Å²) in [7, 11) is -2.42. The second-order valence-electron chi connectivity index (χ2n) is 3.66. The monoisotopic (exact) mass is 308 g/mol. The fourth-order valence-electron chi connectivity index (χ4n) is 1.41. The van der Waals surface area contributed by atoms with Crippen molar-refractivity contribution < 1.29 is 17.9 Å². The van der Waals surface area contributed by atoms with Crippen molar-refractivity contribution in [1.82, 2.24) is 4.72 Å². The van der Waals surface area contributed by atoms with Gasteiger partial charge in [0.15, 0.2) is 0 Å². The number of sulfonamides is 1. The summed E-state index contributed by atoms with van der Waals surface area (Å²) in [6, 6.07) is 4.37. The Hall–Kier alpha value is -1.15. The van der Waals surface area contributed by atoms with Crippen molar-refractivity contribution in [3.05, 3.63) is 29.3 Å². The molecule has 0 radical (unpaired) electrons. The van der Waals surface area contributed by atoms with Crippen molar-refractivity contribution >= 4 is 28.4 Å². The highest BCUT2D eigenvalue weighted by atomic mass is 35.5. The Bertz CT molecular complexity index is 546. The molecule has 1 aromatic rings. The van der Waals surface area contributed by atoms with Gasteiger partial charge < -0.3 is 10.5 Å². The van der Waals surface area contributed by atoms with Gasteiger partial charge in [-0.2, -0.15) is 0 Å². The molecule has 0 aromatic heterocycles. The molecule has 0 bridgehead atoms. The van der Waals surface area contributed by atoms with Gasteiger partial charge in [-0.25, -0.2) is 17.9 Å². The van der Waals surface area contributed by atoms with E-state index < -0.39 is 16.0 Å². The lowest BCUT2D eigenvalue weighted by molar-refractivity contribution is 0.0600. The predicted octanol–water partition coefficient (Wildman–Crippen LogP) is 0.440. The number of nitrogens with one attached hydrogen (secondary N) is 1. The smallest absolute Gasteiger partial charge is 0.337 e. The largest absolute Gasteiger partial charge is 0.465 e. The summed E-state index contributed by atoms with van der Waals surface area (Å²) in [6.45, 7) is 2.00. The Balaban J connectivity index is 0.00000324. The third kappa shape index (κ3) is 4.46. The fraction of sp³-hybridized carbons (Fsp3) is 0.364. The number of halogens is 1. The lowest BCUT2D eigenvalue weighted by Gasteiger charge is -2.09. The summed E-state index contributed by atoms with van der Waals surface area (Å²) in [5.41, 5.74) is 5.99. The van der Waals surface area contributed by atoms with Crippen LogP contribution in [0.1, 0.15) is 15.9 Å². The number of esters is 1. The molecule has 0 aliphatic heterocycles. The molecule has 3 N–H and O–H groups in total. The molecule has 8 heteroatoms. The van der Waals surface area contributed by atoms with E-state index in [1.807, 2.05) is 0 Å². The summed E-state index contributed by atoms with van der Waals surface area (Å²) in [6.07, 6.45) is 0. The zero-order valence-corrected chi connectivity index (χ0v) is 12.3. The van der Waals surface area contributed by atoms with Crippen LogP contribution in [0.5, 0.6) is 0 Å². The minimum Gasteiger partial charge on any atom is -0.465 e. The standard InChI is InChI=1S/C11H16N2O4S.ClH/c1-8-3-4-9(11(14)17-2)7-10(8)18(15,16)13-6-5-12;/h3-4,7,13H,5-6,12H2,1-2H3;1H. The molecule has 0 amide bonds. The van der Waals surface area contributed by atoms with Gasteiger partial charge in [0.05, 0.1) is 17.6 Å². The Morgan fingerprint density at radius 2 is 2.05 bits per heavy atom. The van der Waals surface area contributed by atoms with Crippen molar-refractivity contribution in [3.63, 3.8) is 0 Å². The zero-order chi connectivity index (χ0) is 13.8. The second kappa shape index (κ2) is 7.44. The maximum absolute atomic E-state index is 12.0. The van der Waals surface area contributed by atoms with Crippen molar-refractivity contribution in [2.45, 2.75) is 11.8 Å². The van der Waals surface area contributed by atoms with E-state index in [-0.39, 0.29) is 36.0 Å². The number of rotatable bonds is 5. The average molecular weight is 309 g/mol. The molecule has 0 aliphatic rings. The van der Waals surface area contributed by atoms with Crippen LogP contribution in [0.2, 0.25) is 0 Å². The van der Waals surface area contributed by atoms with Gasteiger partial charge in [-0.1, -0.05) is 6.07 Å². The topological polar surface area (TPSA) is 98.5 Å². The Morgan fingerprint density at radius 1 is 1.42 bits per heavy atom. The van der Waals surface area contributed by atoms with E-state index in [9.17, 15) is 13.2 Å². The number of ether oxygens (including phenoxy) is 1. The van der Waals surface area contributed by atoms with Crippen LogP contribution in [0.4, 0.5) is 0 Å². The molecule has 0 atom stereocenters. The summed E-state index contributed by atoms with van der Waals surface area (Å²) in [5.74, 6) is -0.578. The van der Waals surface area contributed by atoms with Crippen LogP contribution < -0.4 is 10.5 Å². The molecular weight excluding hydrogens is 292 g/mol. The van der Waals surface area contributed by atoms with Gasteiger partial charge in [0.2, 0.25) is 10.0 Å². The number of benzene rings is 1. The van der Waals surface area contributed by atoms with Gasteiger partial charge in [0.1, 0.15) is 0 Å². The molecule has 1 aromatic carbocycles. The average Bonchev–Trinajstić information content (AvgIpc) is 2.35. The van der Waals surface area contributed by atoms with Crippen LogP contribution in [0.3, 0.4) is 0 Å². The van der Waals surface area contributed by atoms with Crippen molar-refractivity contribution in [1.29, 1.82) is 0 Å². The maximum Gasteiger partial charge on any atom is 0.337 e. The molecule has 1 rings (SSSR count). The first-order chi connectivity index (χ1) is 8.42. The van der Waals surface area contributed by atoms with Gasteiger partial charge >= 0.3 is 5.97 Å². The van der Waals surface area contributed by atoms with Gasteiger partial charge in [-0.3, -0.25) is 0 Å². The van der Waals surface area contributed by atoms with E-state index in [1.165, 1.54) is 19.2 Å². The number of carbonyl (C=O) groups excluding carboxylic acids is 1. The predicted molar refractivity (Wildman–Crippen MR) is 74.0 cm³/mol. The van der Waals surface area contributed by atoms with Gasteiger partial charge in [-0.05, 0) is 24.6 Å². The highest BCUT2D eigenvalue weighted by Gasteiger charge is 2.18. The molecule has 108 valence electrons. The number of carbonyl (C=O) groups is 1. The molecule has 6 nitrogen and oxygen atoms in total. The van der Waals surface area contributed by atoms with Crippen LogP contribution in [0.15, 0.2) is 23.1 Å². The minimum atomic E-state index is -3.66. The third-order valence-corrected chi connectivity index (χ3v) is 3.94. The van der Waals surface area contributed by atoms with Crippen molar-refractivity contribution in [2.24, 2.45) is 5.73 Å². The fourth-order valence-corrected chi connectivity index (χ4v) is 2.72.